The molecule has 0 aliphatic heterocycles. The molecular formula is C7H13NO2. The molecule has 10 heavy (non-hydrogen) atoms. The number of nitrogens with two attached hydrogens (primary N) is 1. The van der Waals surface area contributed by atoms with Gasteiger partial charge in [0.2, 0.25) is 5.91 Å². The number of carbonyl (C=O) groups is 1. The van der Waals surface area contributed by atoms with Crippen molar-refractivity contribution in [2.45, 2.75) is 25.4 Å². The molecular weight excluding hydrogens is 130 g/mol. The average Bonchev–Trinajstić information content (AvgIpc) is 2.67. The quantitative estimate of drug-likeness (QED) is 0.617. The van der Waals surface area contributed by atoms with Crippen LogP contribution in [0, 0.1) is 5.92 Å². The number of rotatable bonds is 3. The highest BCUT2D eigenvalue weighted by molar-refractivity contribution is 5.83. The molecule has 1 saturated carbocycles. The Morgan fingerprint density at radius 2 is 2.20 bits per heavy atom. The Bertz CT molecular complexity index is 154. The summed E-state index contributed by atoms with van der Waals surface area (Å²) in [5.41, 5.74) is 4.45. The Balaban J connectivity index is 2.65. The number of carbonyl (C=O) groups excluding carboxylic acids is 1. The summed E-state index contributed by atoms with van der Waals surface area (Å²) in [5.74, 6) is 0.00694. The van der Waals surface area contributed by atoms with Gasteiger partial charge >= 0.3 is 0 Å². The second-order valence-electron chi connectivity index (χ2n) is 2.95. The van der Waals surface area contributed by atoms with Gasteiger partial charge in [0.1, 0.15) is 5.60 Å². The third kappa shape index (κ3) is 1.01. The minimum Gasteiger partial charge on any atom is -0.368 e. The number of amides is 1. The summed E-state index contributed by atoms with van der Waals surface area (Å²) < 4.78 is 5.05. The van der Waals surface area contributed by atoms with Gasteiger partial charge < -0.3 is 10.5 Å². The lowest BCUT2D eigenvalue weighted by Gasteiger charge is -2.23. The average molecular weight is 143 g/mol. The van der Waals surface area contributed by atoms with Crippen LogP contribution in [0.4, 0.5) is 0 Å². The van der Waals surface area contributed by atoms with E-state index in [9.17, 15) is 4.79 Å². The Morgan fingerprint density at radius 3 is 2.30 bits per heavy atom. The first-order valence-corrected chi connectivity index (χ1v) is 3.46. The standard InChI is InChI=1S/C7H13NO2/c1-7(10-2,6(8)9)5-3-4-5/h5H,3-4H2,1-2H3,(H2,8,9). The van der Waals surface area contributed by atoms with Crippen LogP contribution < -0.4 is 5.73 Å². The molecule has 1 rings (SSSR count). The summed E-state index contributed by atoms with van der Waals surface area (Å²) in [4.78, 5) is 10.8. The van der Waals surface area contributed by atoms with Crippen molar-refractivity contribution in [2.75, 3.05) is 7.11 Å². The molecule has 0 aromatic carbocycles. The van der Waals surface area contributed by atoms with E-state index in [2.05, 4.69) is 0 Å². The molecule has 1 atom stereocenters. The Kier molecular flexibility index (Phi) is 1.68. The molecule has 0 aromatic heterocycles. The second kappa shape index (κ2) is 2.23. The summed E-state index contributed by atoms with van der Waals surface area (Å²) >= 11 is 0. The van der Waals surface area contributed by atoms with E-state index >= 15 is 0 Å². The summed E-state index contributed by atoms with van der Waals surface area (Å²) in [6.07, 6.45) is 2.13. The Labute approximate surface area is 60.5 Å². The van der Waals surface area contributed by atoms with Crippen LogP contribution in [0.5, 0.6) is 0 Å². The Morgan fingerprint density at radius 1 is 1.70 bits per heavy atom. The van der Waals surface area contributed by atoms with Gasteiger partial charge in [-0.15, -0.1) is 0 Å². The molecule has 58 valence electrons. The number of methoxy groups -OCH3 is 1. The van der Waals surface area contributed by atoms with Crippen LogP contribution in [0.2, 0.25) is 0 Å². The van der Waals surface area contributed by atoms with Crippen LogP contribution in [0.15, 0.2) is 0 Å². The van der Waals surface area contributed by atoms with Crippen LogP contribution in [-0.4, -0.2) is 18.6 Å². The largest absolute Gasteiger partial charge is 0.368 e. The molecule has 0 heterocycles. The summed E-state index contributed by atoms with van der Waals surface area (Å²) in [6.45, 7) is 1.76. The zero-order chi connectivity index (χ0) is 7.78. The fourth-order valence-corrected chi connectivity index (χ4v) is 1.10. The Hall–Kier alpha value is -0.570. The van der Waals surface area contributed by atoms with Crippen molar-refractivity contribution in [3.05, 3.63) is 0 Å². The smallest absolute Gasteiger partial charge is 0.249 e. The molecule has 3 heteroatoms. The van der Waals surface area contributed by atoms with Gasteiger partial charge in [0.25, 0.3) is 0 Å². The van der Waals surface area contributed by atoms with Crippen molar-refractivity contribution < 1.29 is 9.53 Å². The number of hydrogen-bond donors (Lipinski definition) is 1. The van der Waals surface area contributed by atoms with Crippen LogP contribution in [0.25, 0.3) is 0 Å². The topological polar surface area (TPSA) is 52.3 Å². The van der Waals surface area contributed by atoms with Crippen LogP contribution in [-0.2, 0) is 9.53 Å². The lowest BCUT2D eigenvalue weighted by atomic mass is 10.00. The zero-order valence-corrected chi connectivity index (χ0v) is 6.39. The van der Waals surface area contributed by atoms with Gasteiger partial charge in [0.05, 0.1) is 0 Å². The molecule has 3 nitrogen and oxygen atoms in total. The molecule has 0 spiro atoms. The van der Waals surface area contributed by atoms with Gasteiger partial charge in [0, 0.05) is 7.11 Å². The van der Waals surface area contributed by atoms with Gasteiger partial charge in [0.15, 0.2) is 0 Å². The van der Waals surface area contributed by atoms with Crippen LogP contribution in [0.3, 0.4) is 0 Å². The molecule has 1 unspecified atom stereocenters. The van der Waals surface area contributed by atoms with E-state index in [1.165, 1.54) is 7.11 Å². The minimum atomic E-state index is -0.708. The minimum absolute atomic E-state index is 0.350. The van der Waals surface area contributed by atoms with Crippen molar-refractivity contribution in [1.82, 2.24) is 0 Å². The summed E-state index contributed by atoms with van der Waals surface area (Å²) in [7, 11) is 1.53. The lowest BCUT2D eigenvalue weighted by Crippen LogP contribution is -2.44. The van der Waals surface area contributed by atoms with E-state index in [4.69, 9.17) is 10.5 Å². The molecule has 1 aliphatic carbocycles. The van der Waals surface area contributed by atoms with E-state index in [1.807, 2.05) is 0 Å². The van der Waals surface area contributed by atoms with Gasteiger partial charge in [-0.1, -0.05) is 0 Å². The van der Waals surface area contributed by atoms with Gasteiger partial charge in [-0.05, 0) is 25.7 Å². The number of ether oxygens (including phenoxy) is 1. The van der Waals surface area contributed by atoms with E-state index < -0.39 is 5.60 Å². The molecule has 0 bridgehead atoms. The first-order valence-electron chi connectivity index (χ1n) is 3.46. The molecule has 2 N–H and O–H groups in total. The van der Waals surface area contributed by atoms with Gasteiger partial charge in [-0.25, -0.2) is 0 Å². The van der Waals surface area contributed by atoms with Crippen molar-refractivity contribution in [1.29, 1.82) is 0 Å². The van der Waals surface area contributed by atoms with Gasteiger partial charge in [-0.3, -0.25) is 4.79 Å². The third-order valence-corrected chi connectivity index (χ3v) is 2.27. The number of hydrogen-bond acceptors (Lipinski definition) is 2. The monoisotopic (exact) mass is 143 g/mol. The summed E-state index contributed by atoms with van der Waals surface area (Å²) in [5, 5.41) is 0. The predicted octanol–water partition coefficient (Wildman–Crippen LogP) is 0.287. The second-order valence-corrected chi connectivity index (χ2v) is 2.95. The maximum atomic E-state index is 10.8. The molecule has 0 radical (unpaired) electrons. The molecule has 0 aromatic rings. The summed E-state index contributed by atoms with van der Waals surface area (Å²) in [6, 6.07) is 0. The van der Waals surface area contributed by atoms with E-state index in [1.54, 1.807) is 6.92 Å². The maximum Gasteiger partial charge on any atom is 0.249 e. The van der Waals surface area contributed by atoms with Crippen molar-refractivity contribution in [3.63, 3.8) is 0 Å². The van der Waals surface area contributed by atoms with Crippen molar-refractivity contribution in [2.24, 2.45) is 11.7 Å². The molecule has 1 fully saturated rings. The van der Waals surface area contributed by atoms with Crippen molar-refractivity contribution in [3.8, 4) is 0 Å². The van der Waals surface area contributed by atoms with E-state index in [-0.39, 0.29) is 5.91 Å². The van der Waals surface area contributed by atoms with Gasteiger partial charge in [-0.2, -0.15) is 0 Å². The van der Waals surface area contributed by atoms with Crippen LogP contribution >= 0.6 is 0 Å². The van der Waals surface area contributed by atoms with Crippen molar-refractivity contribution >= 4 is 5.91 Å². The molecule has 0 saturated heterocycles. The third-order valence-electron chi connectivity index (χ3n) is 2.27. The maximum absolute atomic E-state index is 10.8. The highest BCUT2D eigenvalue weighted by Crippen LogP contribution is 2.41. The van der Waals surface area contributed by atoms with E-state index in [0.29, 0.717) is 5.92 Å². The molecule has 1 amide bonds. The first-order chi connectivity index (χ1) is 4.61. The normalized spacial score (nSPS) is 23.8. The fraction of sp³-hybridized carbons (Fsp3) is 0.857. The highest BCUT2D eigenvalue weighted by Gasteiger charge is 2.46. The van der Waals surface area contributed by atoms with Crippen LogP contribution in [0.1, 0.15) is 19.8 Å². The van der Waals surface area contributed by atoms with E-state index in [0.717, 1.165) is 12.8 Å². The fourth-order valence-electron chi connectivity index (χ4n) is 1.10. The zero-order valence-electron chi connectivity index (χ0n) is 6.39. The molecule has 1 aliphatic rings. The lowest BCUT2D eigenvalue weighted by molar-refractivity contribution is -0.140. The first kappa shape index (κ1) is 7.54. The SMILES string of the molecule is COC(C)(C(N)=O)C1CC1. The number of primary amides is 1. The highest BCUT2D eigenvalue weighted by atomic mass is 16.5. The predicted molar refractivity (Wildman–Crippen MR) is 37.3 cm³/mol.